The number of fused-ring (bicyclic) bond motifs is 4. The molecule has 0 radical (unpaired) electrons. The number of rotatable bonds is 0. The molecule has 4 heteroatoms. The number of carbonyl (C=O) groups excluding carboxylic acids is 1. The first-order valence-corrected chi connectivity index (χ1v) is 7.30. The second-order valence-electron chi connectivity index (χ2n) is 4.99. The van der Waals surface area contributed by atoms with Crippen LogP contribution in [0.2, 0.25) is 0 Å². The summed E-state index contributed by atoms with van der Waals surface area (Å²) in [5.41, 5.74) is 3.84. The minimum atomic E-state index is 0.0930. The Bertz CT molecular complexity index is 634. The first-order valence-electron chi connectivity index (χ1n) is 6.32. The van der Waals surface area contributed by atoms with Gasteiger partial charge in [-0.1, -0.05) is 30.0 Å². The van der Waals surface area contributed by atoms with Crippen molar-refractivity contribution in [2.45, 2.75) is 19.0 Å². The molecule has 1 aromatic carbocycles. The van der Waals surface area contributed by atoms with Crippen molar-refractivity contribution in [3.8, 4) is 0 Å². The Balaban J connectivity index is 1.84. The number of H-pyrrole nitrogens is 1. The highest BCUT2D eigenvalue weighted by atomic mass is 32.2. The van der Waals surface area contributed by atoms with Crippen LogP contribution in [0.25, 0.3) is 10.9 Å². The highest BCUT2D eigenvalue weighted by Gasteiger charge is 2.35. The number of benzene rings is 1. The highest BCUT2D eigenvalue weighted by molar-refractivity contribution is 8.13. The lowest BCUT2D eigenvalue weighted by molar-refractivity contribution is -0.116. The van der Waals surface area contributed by atoms with Crippen molar-refractivity contribution < 1.29 is 4.79 Å². The number of nitrogens with zero attached hydrogens (tertiary/aromatic N) is 1. The number of aromatic amines is 1. The Morgan fingerprint density at radius 2 is 2.22 bits per heavy atom. The van der Waals surface area contributed by atoms with E-state index in [-0.39, 0.29) is 6.04 Å². The molecule has 2 aliphatic heterocycles. The van der Waals surface area contributed by atoms with Gasteiger partial charge in [0.2, 0.25) is 5.12 Å². The van der Waals surface area contributed by atoms with Crippen LogP contribution in [-0.2, 0) is 17.8 Å². The number of thioether (sulfide) groups is 1. The van der Waals surface area contributed by atoms with Gasteiger partial charge in [-0.15, -0.1) is 0 Å². The lowest BCUT2D eigenvalue weighted by Crippen LogP contribution is -2.48. The standard InChI is InChI=1S/C14H14N2OS/c17-14-13-7-10-9-3-1-2-4-11(9)15-12(10)8-16(13)5-6-18-14/h1-4,13,15H,5-8H2. The van der Waals surface area contributed by atoms with Gasteiger partial charge in [-0.25, -0.2) is 0 Å². The average Bonchev–Trinajstić information content (AvgIpc) is 2.75. The van der Waals surface area contributed by atoms with E-state index in [0.717, 1.165) is 25.3 Å². The Morgan fingerprint density at radius 3 is 3.17 bits per heavy atom. The molecule has 1 aromatic heterocycles. The molecular formula is C14H14N2OS. The summed E-state index contributed by atoms with van der Waals surface area (Å²) in [6.07, 6.45) is 0.866. The predicted molar refractivity (Wildman–Crippen MR) is 73.7 cm³/mol. The predicted octanol–water partition coefficient (Wildman–Crippen LogP) is 2.17. The van der Waals surface area contributed by atoms with Gasteiger partial charge in [0.05, 0.1) is 6.04 Å². The van der Waals surface area contributed by atoms with Crippen molar-refractivity contribution in [2.24, 2.45) is 0 Å². The number of para-hydroxylation sites is 1. The van der Waals surface area contributed by atoms with Gasteiger partial charge in [0.25, 0.3) is 0 Å². The van der Waals surface area contributed by atoms with Crippen LogP contribution in [0.15, 0.2) is 24.3 Å². The van der Waals surface area contributed by atoms with Crippen molar-refractivity contribution in [1.29, 1.82) is 0 Å². The molecule has 0 spiro atoms. The first kappa shape index (κ1) is 10.6. The van der Waals surface area contributed by atoms with Crippen LogP contribution in [0.4, 0.5) is 0 Å². The summed E-state index contributed by atoms with van der Waals surface area (Å²) in [7, 11) is 0. The smallest absolute Gasteiger partial charge is 0.206 e. The van der Waals surface area contributed by atoms with Crippen molar-refractivity contribution in [2.75, 3.05) is 12.3 Å². The minimum Gasteiger partial charge on any atom is -0.357 e. The minimum absolute atomic E-state index is 0.0930. The summed E-state index contributed by atoms with van der Waals surface area (Å²) in [6, 6.07) is 8.48. The average molecular weight is 258 g/mol. The molecule has 4 rings (SSSR count). The second kappa shape index (κ2) is 3.87. The summed E-state index contributed by atoms with van der Waals surface area (Å²) in [5.74, 6) is 0.935. The maximum atomic E-state index is 12.0. The summed E-state index contributed by atoms with van der Waals surface area (Å²) >= 11 is 1.50. The Morgan fingerprint density at radius 1 is 1.33 bits per heavy atom. The van der Waals surface area contributed by atoms with Gasteiger partial charge < -0.3 is 4.98 Å². The summed E-state index contributed by atoms with van der Waals surface area (Å²) in [4.78, 5) is 17.8. The third kappa shape index (κ3) is 1.45. The number of carbonyl (C=O) groups is 1. The maximum absolute atomic E-state index is 12.0. The molecule has 92 valence electrons. The van der Waals surface area contributed by atoms with Gasteiger partial charge in [0.1, 0.15) is 0 Å². The Kier molecular flexibility index (Phi) is 2.29. The van der Waals surface area contributed by atoms with E-state index in [1.165, 1.54) is 33.9 Å². The molecule has 0 bridgehead atoms. The van der Waals surface area contributed by atoms with Crippen molar-refractivity contribution in [3.05, 3.63) is 35.5 Å². The summed E-state index contributed by atoms with van der Waals surface area (Å²) in [6.45, 7) is 1.91. The van der Waals surface area contributed by atoms with Crippen LogP contribution in [0, 0.1) is 0 Å². The lowest BCUT2D eigenvalue weighted by atomic mass is 9.97. The van der Waals surface area contributed by atoms with E-state index in [0.29, 0.717) is 5.12 Å². The number of aromatic nitrogens is 1. The fourth-order valence-corrected chi connectivity index (χ4v) is 4.04. The van der Waals surface area contributed by atoms with Gasteiger partial charge in [-0.3, -0.25) is 9.69 Å². The third-order valence-corrected chi connectivity index (χ3v) is 4.94. The van der Waals surface area contributed by atoms with Crippen LogP contribution in [0.1, 0.15) is 11.3 Å². The summed E-state index contributed by atoms with van der Waals surface area (Å²) < 4.78 is 0. The van der Waals surface area contributed by atoms with Gasteiger partial charge in [-0.05, 0) is 18.1 Å². The van der Waals surface area contributed by atoms with Crippen LogP contribution in [0.5, 0.6) is 0 Å². The molecule has 3 heterocycles. The molecule has 1 atom stereocenters. The van der Waals surface area contributed by atoms with Crippen molar-refractivity contribution in [1.82, 2.24) is 9.88 Å². The highest BCUT2D eigenvalue weighted by Crippen LogP contribution is 2.33. The van der Waals surface area contributed by atoms with Crippen molar-refractivity contribution in [3.63, 3.8) is 0 Å². The van der Waals surface area contributed by atoms with Gasteiger partial charge >= 0.3 is 0 Å². The molecule has 0 amide bonds. The molecule has 2 aromatic rings. The maximum Gasteiger partial charge on any atom is 0.206 e. The van der Waals surface area contributed by atoms with E-state index in [1.54, 1.807) is 0 Å². The molecule has 2 aliphatic rings. The van der Waals surface area contributed by atoms with Crippen LogP contribution >= 0.6 is 11.8 Å². The largest absolute Gasteiger partial charge is 0.357 e. The van der Waals surface area contributed by atoms with E-state index in [2.05, 4.69) is 34.1 Å². The molecular weight excluding hydrogens is 244 g/mol. The number of nitrogens with one attached hydrogen (secondary N) is 1. The van der Waals surface area contributed by atoms with E-state index in [9.17, 15) is 4.79 Å². The van der Waals surface area contributed by atoms with E-state index >= 15 is 0 Å². The number of hydrogen-bond donors (Lipinski definition) is 1. The van der Waals surface area contributed by atoms with Crippen molar-refractivity contribution >= 4 is 27.8 Å². The second-order valence-corrected chi connectivity index (χ2v) is 6.08. The van der Waals surface area contributed by atoms with E-state index in [4.69, 9.17) is 0 Å². The van der Waals surface area contributed by atoms with Gasteiger partial charge in [0, 0.05) is 35.4 Å². The molecule has 1 unspecified atom stereocenters. The third-order valence-electron chi connectivity index (χ3n) is 4.00. The topological polar surface area (TPSA) is 36.1 Å². The van der Waals surface area contributed by atoms with E-state index in [1.807, 2.05) is 0 Å². The molecule has 0 saturated carbocycles. The van der Waals surface area contributed by atoms with E-state index < -0.39 is 0 Å². The monoisotopic (exact) mass is 258 g/mol. The molecule has 0 aliphatic carbocycles. The van der Waals surface area contributed by atoms with Gasteiger partial charge in [-0.2, -0.15) is 0 Å². The molecule has 1 N–H and O–H groups in total. The number of hydrogen-bond acceptors (Lipinski definition) is 3. The quantitative estimate of drug-likeness (QED) is 0.786. The molecule has 1 saturated heterocycles. The Hall–Kier alpha value is -1.26. The summed E-state index contributed by atoms with van der Waals surface area (Å²) in [5, 5.41) is 1.63. The normalized spacial score (nSPS) is 24.0. The zero-order valence-corrected chi connectivity index (χ0v) is 10.8. The van der Waals surface area contributed by atoms with Crippen LogP contribution in [-0.4, -0.2) is 33.3 Å². The van der Waals surface area contributed by atoms with Gasteiger partial charge in [0.15, 0.2) is 0 Å². The molecule has 18 heavy (non-hydrogen) atoms. The van der Waals surface area contributed by atoms with Crippen LogP contribution in [0.3, 0.4) is 0 Å². The fourth-order valence-electron chi connectivity index (χ4n) is 3.09. The Labute approximate surface area is 110 Å². The zero-order chi connectivity index (χ0) is 12.1. The SMILES string of the molecule is O=C1SCCN2Cc3[nH]c4ccccc4c3CC12. The first-order chi connectivity index (χ1) is 8.83. The lowest BCUT2D eigenvalue weighted by Gasteiger charge is -2.37. The zero-order valence-electron chi connectivity index (χ0n) is 9.98. The molecule has 3 nitrogen and oxygen atoms in total. The molecule has 1 fully saturated rings. The van der Waals surface area contributed by atoms with Crippen LogP contribution < -0.4 is 0 Å². The fraction of sp³-hybridized carbons (Fsp3) is 0.357.